The zero-order chi connectivity index (χ0) is 8.55. The zero-order valence-corrected chi connectivity index (χ0v) is 8.89. The highest BCUT2D eigenvalue weighted by atomic mass is 79.9. The third-order valence-electron chi connectivity index (χ3n) is 3.52. The molecule has 0 bridgehead atoms. The molecule has 2 aliphatic rings. The molecule has 2 heteroatoms. The lowest BCUT2D eigenvalue weighted by molar-refractivity contribution is 0.0780. The second-order valence-corrected chi connectivity index (χ2v) is 5.40. The van der Waals surface area contributed by atoms with Gasteiger partial charge < -0.3 is 0 Å². The molecule has 2 fully saturated rings. The average molecular weight is 235 g/mol. The van der Waals surface area contributed by atoms with Gasteiger partial charge in [0.2, 0.25) is 0 Å². The number of hydrogen-bond acceptors (Lipinski definition) is 0. The van der Waals surface area contributed by atoms with Gasteiger partial charge in [0.1, 0.15) is 6.17 Å². The van der Waals surface area contributed by atoms with Gasteiger partial charge in [0, 0.05) is 4.83 Å². The van der Waals surface area contributed by atoms with Crippen molar-refractivity contribution in [1.82, 2.24) is 0 Å². The van der Waals surface area contributed by atoms with E-state index in [1.54, 1.807) is 0 Å². The van der Waals surface area contributed by atoms with E-state index < -0.39 is 6.17 Å². The van der Waals surface area contributed by atoms with Crippen molar-refractivity contribution in [2.75, 3.05) is 0 Å². The molecule has 2 saturated carbocycles. The molecule has 2 aliphatic carbocycles. The fourth-order valence-corrected chi connectivity index (χ4v) is 3.75. The minimum atomic E-state index is -0.496. The summed E-state index contributed by atoms with van der Waals surface area (Å²) >= 11 is 3.69. The van der Waals surface area contributed by atoms with E-state index in [1.165, 1.54) is 19.3 Å². The molecule has 0 aromatic heterocycles. The van der Waals surface area contributed by atoms with Crippen molar-refractivity contribution in [3.05, 3.63) is 0 Å². The molecule has 0 heterocycles. The highest BCUT2D eigenvalue weighted by Gasteiger charge is 2.39. The summed E-state index contributed by atoms with van der Waals surface area (Å²) in [5, 5.41) is 0. The molecule has 0 nitrogen and oxygen atoms in total. The standard InChI is InChI=1S/C10H16BrF/c11-9-5-6-10(12)8-4-2-1-3-7(8)9/h7-10H,1-6H2/t7-,8+,9-,10-/m1/s1. The van der Waals surface area contributed by atoms with Gasteiger partial charge in [-0.2, -0.15) is 0 Å². The fourth-order valence-electron chi connectivity index (χ4n) is 2.83. The topological polar surface area (TPSA) is 0 Å². The maximum absolute atomic E-state index is 13.5. The van der Waals surface area contributed by atoms with Gasteiger partial charge >= 0.3 is 0 Å². The van der Waals surface area contributed by atoms with E-state index >= 15 is 0 Å². The molecule has 0 aliphatic heterocycles. The molecule has 0 aromatic carbocycles. The monoisotopic (exact) mass is 234 g/mol. The first-order chi connectivity index (χ1) is 5.79. The quantitative estimate of drug-likeness (QED) is 0.562. The third-order valence-corrected chi connectivity index (χ3v) is 4.66. The van der Waals surface area contributed by atoms with Gasteiger partial charge in [-0.15, -0.1) is 0 Å². The number of hydrogen-bond donors (Lipinski definition) is 0. The maximum Gasteiger partial charge on any atom is 0.103 e. The van der Waals surface area contributed by atoms with Crippen LogP contribution < -0.4 is 0 Å². The second kappa shape index (κ2) is 3.65. The van der Waals surface area contributed by atoms with Crippen molar-refractivity contribution < 1.29 is 4.39 Å². The van der Waals surface area contributed by atoms with Crippen LogP contribution in [0.15, 0.2) is 0 Å². The highest BCUT2D eigenvalue weighted by Crippen LogP contribution is 2.44. The van der Waals surface area contributed by atoms with Gasteiger partial charge in [-0.3, -0.25) is 0 Å². The second-order valence-electron chi connectivity index (χ2n) is 4.22. The first-order valence-electron chi connectivity index (χ1n) is 5.07. The van der Waals surface area contributed by atoms with Crippen LogP contribution in [0.4, 0.5) is 4.39 Å². The first-order valence-corrected chi connectivity index (χ1v) is 5.99. The van der Waals surface area contributed by atoms with Gasteiger partial charge in [-0.25, -0.2) is 4.39 Å². The molecule has 0 spiro atoms. The Balaban J connectivity index is 2.05. The van der Waals surface area contributed by atoms with Crippen LogP contribution >= 0.6 is 15.9 Å². The Bertz CT molecular complexity index is 142. The van der Waals surface area contributed by atoms with Crippen LogP contribution in [0.3, 0.4) is 0 Å². The lowest BCUT2D eigenvalue weighted by Gasteiger charge is -2.40. The summed E-state index contributed by atoms with van der Waals surface area (Å²) in [4.78, 5) is 0.606. The number of rotatable bonds is 0. The molecule has 0 aromatic rings. The summed E-state index contributed by atoms with van der Waals surface area (Å²) in [6, 6.07) is 0. The van der Waals surface area contributed by atoms with Crippen LogP contribution in [0, 0.1) is 11.8 Å². The SMILES string of the molecule is F[C@@H]1CC[C@@H](Br)[C@@H]2CCCC[C@@H]21. The van der Waals surface area contributed by atoms with E-state index in [4.69, 9.17) is 0 Å². The van der Waals surface area contributed by atoms with Crippen molar-refractivity contribution in [3.63, 3.8) is 0 Å². The van der Waals surface area contributed by atoms with Gasteiger partial charge in [-0.05, 0) is 37.5 Å². The average Bonchev–Trinajstić information content (AvgIpc) is 2.12. The Labute approximate surface area is 82.0 Å². The van der Waals surface area contributed by atoms with Crippen LogP contribution in [0.5, 0.6) is 0 Å². The summed E-state index contributed by atoms with van der Waals surface area (Å²) in [6.45, 7) is 0. The fraction of sp³-hybridized carbons (Fsp3) is 1.00. The van der Waals surface area contributed by atoms with Crippen LogP contribution in [0.25, 0.3) is 0 Å². The predicted molar refractivity (Wildman–Crippen MR) is 52.3 cm³/mol. The normalized spacial score (nSPS) is 48.5. The van der Waals surface area contributed by atoms with Crippen molar-refractivity contribution >= 4 is 15.9 Å². The Morgan fingerprint density at radius 1 is 0.917 bits per heavy atom. The summed E-state index contributed by atoms with van der Waals surface area (Å²) in [6.07, 6.45) is 6.29. The molecule has 0 unspecified atom stereocenters. The Kier molecular flexibility index (Phi) is 2.73. The lowest BCUT2D eigenvalue weighted by Crippen LogP contribution is -2.38. The summed E-state index contributed by atoms with van der Waals surface area (Å²) < 4.78 is 13.5. The molecule has 2 rings (SSSR count). The molecule has 0 amide bonds. The van der Waals surface area contributed by atoms with E-state index in [1.807, 2.05) is 0 Å². The molecule has 0 N–H and O–H groups in total. The Morgan fingerprint density at radius 3 is 2.25 bits per heavy atom. The molecule has 0 saturated heterocycles. The van der Waals surface area contributed by atoms with Crippen molar-refractivity contribution in [2.24, 2.45) is 11.8 Å². The molecule has 70 valence electrons. The molecular formula is C10H16BrF. The minimum Gasteiger partial charge on any atom is -0.247 e. The van der Waals surface area contributed by atoms with Crippen LogP contribution in [0.1, 0.15) is 38.5 Å². The molecule has 12 heavy (non-hydrogen) atoms. The summed E-state index contributed by atoms with van der Waals surface area (Å²) in [7, 11) is 0. The van der Waals surface area contributed by atoms with Crippen LogP contribution in [0.2, 0.25) is 0 Å². The van der Waals surface area contributed by atoms with E-state index in [2.05, 4.69) is 15.9 Å². The van der Waals surface area contributed by atoms with Crippen LogP contribution in [-0.2, 0) is 0 Å². The van der Waals surface area contributed by atoms with Gasteiger partial charge in [0.05, 0.1) is 0 Å². The number of fused-ring (bicyclic) bond motifs is 1. The van der Waals surface area contributed by atoms with Crippen molar-refractivity contribution in [2.45, 2.75) is 49.5 Å². The molecular weight excluding hydrogens is 219 g/mol. The predicted octanol–water partition coefficient (Wildman–Crippen LogP) is 3.69. The van der Waals surface area contributed by atoms with Gasteiger partial charge in [0.15, 0.2) is 0 Å². The number of alkyl halides is 2. The lowest BCUT2D eigenvalue weighted by atomic mass is 9.70. The number of halogens is 2. The summed E-state index contributed by atoms with van der Waals surface area (Å²) in [5.41, 5.74) is 0. The molecule has 4 atom stereocenters. The first kappa shape index (κ1) is 8.98. The van der Waals surface area contributed by atoms with Crippen LogP contribution in [-0.4, -0.2) is 11.0 Å². The maximum atomic E-state index is 13.5. The van der Waals surface area contributed by atoms with E-state index in [9.17, 15) is 4.39 Å². The van der Waals surface area contributed by atoms with E-state index in [0.29, 0.717) is 16.7 Å². The smallest absolute Gasteiger partial charge is 0.103 e. The van der Waals surface area contributed by atoms with Gasteiger partial charge in [-0.1, -0.05) is 28.8 Å². The third kappa shape index (κ3) is 1.55. The van der Waals surface area contributed by atoms with Crippen molar-refractivity contribution in [3.8, 4) is 0 Å². The van der Waals surface area contributed by atoms with E-state index in [0.717, 1.165) is 19.3 Å². The summed E-state index contributed by atoms with van der Waals surface area (Å²) in [5.74, 6) is 1.03. The zero-order valence-electron chi connectivity index (χ0n) is 7.31. The largest absolute Gasteiger partial charge is 0.247 e. The highest BCUT2D eigenvalue weighted by molar-refractivity contribution is 9.09. The Morgan fingerprint density at radius 2 is 1.58 bits per heavy atom. The van der Waals surface area contributed by atoms with Crippen molar-refractivity contribution in [1.29, 1.82) is 0 Å². The van der Waals surface area contributed by atoms with Gasteiger partial charge in [0.25, 0.3) is 0 Å². The van der Waals surface area contributed by atoms with E-state index in [-0.39, 0.29) is 0 Å². The Hall–Kier alpha value is 0.410. The molecule has 0 radical (unpaired) electrons. The minimum absolute atomic E-state index is 0.386.